The van der Waals surface area contributed by atoms with Gasteiger partial charge < -0.3 is 10.1 Å². The van der Waals surface area contributed by atoms with Crippen molar-refractivity contribution in [3.8, 4) is 5.75 Å². The zero-order chi connectivity index (χ0) is 16.2. The van der Waals surface area contributed by atoms with E-state index in [4.69, 9.17) is 27.9 Å². The Kier molecular flexibility index (Phi) is 5.94. The molecule has 0 spiro atoms. The third-order valence-electron chi connectivity index (χ3n) is 3.40. The van der Waals surface area contributed by atoms with E-state index in [1.54, 1.807) is 18.2 Å². The molecule has 2 rings (SSSR count). The van der Waals surface area contributed by atoms with E-state index >= 15 is 0 Å². The first-order valence-corrected chi connectivity index (χ1v) is 9.49. The van der Waals surface area contributed by atoms with Crippen LogP contribution in [0.25, 0.3) is 0 Å². The summed E-state index contributed by atoms with van der Waals surface area (Å²) in [7, 11) is -2.94. The molecule has 1 heterocycles. The van der Waals surface area contributed by atoms with E-state index < -0.39 is 9.84 Å². The lowest BCUT2D eigenvalue weighted by Gasteiger charge is -2.11. The molecule has 1 aliphatic rings. The molecular formula is C14H17Cl2NO4S. The molecule has 1 aromatic rings. The Hall–Kier alpha value is -0.980. The Balaban J connectivity index is 1.68. The molecule has 0 aliphatic carbocycles. The fraction of sp³-hybridized carbons (Fsp3) is 0.500. The molecule has 5 nitrogen and oxygen atoms in total. The molecule has 1 amide bonds. The molecule has 22 heavy (non-hydrogen) atoms. The molecule has 1 aromatic carbocycles. The van der Waals surface area contributed by atoms with Gasteiger partial charge in [-0.1, -0.05) is 29.3 Å². The Morgan fingerprint density at radius 2 is 2.14 bits per heavy atom. The largest absolute Gasteiger partial charge is 0.490 e. The van der Waals surface area contributed by atoms with E-state index in [1.165, 1.54) is 0 Å². The van der Waals surface area contributed by atoms with Crippen LogP contribution in [-0.2, 0) is 14.6 Å². The second-order valence-electron chi connectivity index (χ2n) is 5.22. The van der Waals surface area contributed by atoms with Crippen molar-refractivity contribution in [1.82, 2.24) is 5.32 Å². The summed E-state index contributed by atoms with van der Waals surface area (Å²) in [5.74, 6) is 0.512. The smallest absolute Gasteiger partial charge is 0.220 e. The Labute approximate surface area is 139 Å². The molecule has 8 heteroatoms. The maximum Gasteiger partial charge on any atom is 0.220 e. The predicted octanol–water partition coefficient (Wildman–Crippen LogP) is 2.31. The molecule has 1 unspecified atom stereocenters. The summed E-state index contributed by atoms with van der Waals surface area (Å²) in [6, 6.07) is 5.08. The number of amides is 1. The van der Waals surface area contributed by atoms with Crippen LogP contribution < -0.4 is 10.1 Å². The lowest BCUT2D eigenvalue weighted by atomic mass is 10.1. The first kappa shape index (κ1) is 17.4. The first-order chi connectivity index (χ1) is 10.4. The van der Waals surface area contributed by atoms with E-state index in [9.17, 15) is 13.2 Å². The summed E-state index contributed by atoms with van der Waals surface area (Å²) < 4.78 is 28.1. The van der Waals surface area contributed by atoms with E-state index in [1.807, 2.05) is 0 Å². The van der Waals surface area contributed by atoms with Gasteiger partial charge in [-0.05, 0) is 24.5 Å². The van der Waals surface area contributed by atoms with Crippen LogP contribution in [0.4, 0.5) is 0 Å². The highest BCUT2D eigenvalue weighted by Gasteiger charge is 2.29. The molecule has 1 fully saturated rings. The summed E-state index contributed by atoms with van der Waals surface area (Å²) in [5, 5.41) is 3.45. The number of ether oxygens (including phenoxy) is 1. The number of benzene rings is 1. The van der Waals surface area contributed by atoms with Crippen LogP contribution in [0.3, 0.4) is 0 Å². The molecule has 0 bridgehead atoms. The van der Waals surface area contributed by atoms with Crippen molar-refractivity contribution in [1.29, 1.82) is 0 Å². The fourth-order valence-electron chi connectivity index (χ4n) is 2.31. The number of halogens is 2. The van der Waals surface area contributed by atoms with Gasteiger partial charge in [-0.25, -0.2) is 8.42 Å². The molecular weight excluding hydrogens is 349 g/mol. The number of hydrogen-bond donors (Lipinski definition) is 1. The van der Waals surface area contributed by atoms with Gasteiger partial charge in [0.25, 0.3) is 0 Å². The third-order valence-corrected chi connectivity index (χ3v) is 6.04. The minimum atomic E-state index is -2.94. The molecule has 1 aliphatic heterocycles. The van der Waals surface area contributed by atoms with E-state index in [2.05, 4.69) is 5.32 Å². The van der Waals surface area contributed by atoms with Gasteiger partial charge in [0.05, 0.1) is 23.1 Å². The van der Waals surface area contributed by atoms with E-state index in [0.29, 0.717) is 28.8 Å². The van der Waals surface area contributed by atoms with Crippen LogP contribution in [0.5, 0.6) is 5.75 Å². The molecule has 1 N–H and O–H groups in total. The number of rotatable bonds is 6. The van der Waals surface area contributed by atoms with Gasteiger partial charge in [0.1, 0.15) is 17.4 Å². The number of sulfone groups is 1. The van der Waals surface area contributed by atoms with Crippen molar-refractivity contribution in [3.63, 3.8) is 0 Å². The van der Waals surface area contributed by atoms with Crippen LogP contribution in [0.1, 0.15) is 12.8 Å². The lowest BCUT2D eigenvalue weighted by Crippen LogP contribution is -2.29. The van der Waals surface area contributed by atoms with Crippen molar-refractivity contribution >= 4 is 38.9 Å². The quantitative estimate of drug-likeness (QED) is 0.785. The van der Waals surface area contributed by atoms with Crippen molar-refractivity contribution in [2.75, 3.05) is 24.7 Å². The average Bonchev–Trinajstić information content (AvgIpc) is 2.78. The van der Waals surface area contributed by atoms with Gasteiger partial charge in [-0.2, -0.15) is 0 Å². The van der Waals surface area contributed by atoms with Gasteiger partial charge in [0.2, 0.25) is 5.91 Å². The maximum atomic E-state index is 11.7. The van der Waals surface area contributed by atoms with Crippen LogP contribution in [0, 0.1) is 5.92 Å². The van der Waals surface area contributed by atoms with Crippen molar-refractivity contribution in [2.24, 2.45) is 5.92 Å². The van der Waals surface area contributed by atoms with E-state index in [0.717, 1.165) is 0 Å². The number of nitrogens with one attached hydrogen (secondary N) is 1. The fourth-order valence-corrected chi connectivity index (χ4v) is 4.52. The van der Waals surface area contributed by atoms with Crippen molar-refractivity contribution in [2.45, 2.75) is 12.8 Å². The van der Waals surface area contributed by atoms with Crippen LogP contribution in [0.2, 0.25) is 10.0 Å². The highest BCUT2D eigenvalue weighted by molar-refractivity contribution is 7.91. The first-order valence-electron chi connectivity index (χ1n) is 6.91. The summed E-state index contributed by atoms with van der Waals surface area (Å²) in [6.07, 6.45) is 0.793. The Bertz CT molecular complexity index is 648. The monoisotopic (exact) mass is 365 g/mol. The second-order valence-corrected chi connectivity index (χ2v) is 8.24. The topological polar surface area (TPSA) is 72.5 Å². The third kappa shape index (κ3) is 5.04. The lowest BCUT2D eigenvalue weighted by molar-refractivity contribution is -0.121. The summed E-state index contributed by atoms with van der Waals surface area (Å²) in [4.78, 5) is 11.7. The second kappa shape index (κ2) is 7.53. The highest BCUT2D eigenvalue weighted by Crippen LogP contribution is 2.31. The summed E-state index contributed by atoms with van der Waals surface area (Å²) in [5.41, 5.74) is 0. The van der Waals surface area contributed by atoms with Crippen LogP contribution >= 0.6 is 23.2 Å². The maximum absolute atomic E-state index is 11.7. The molecule has 1 atom stereocenters. The van der Waals surface area contributed by atoms with Gasteiger partial charge in [-0.3, -0.25) is 4.79 Å². The Morgan fingerprint density at radius 3 is 2.82 bits per heavy atom. The number of carbonyl (C=O) groups excluding carboxylic acids is 1. The van der Waals surface area contributed by atoms with E-state index in [-0.39, 0.29) is 36.4 Å². The number of carbonyl (C=O) groups is 1. The van der Waals surface area contributed by atoms with Gasteiger partial charge >= 0.3 is 0 Å². The summed E-state index contributed by atoms with van der Waals surface area (Å²) >= 11 is 11.8. The zero-order valence-electron chi connectivity index (χ0n) is 11.8. The van der Waals surface area contributed by atoms with Crippen LogP contribution in [0.15, 0.2) is 18.2 Å². The van der Waals surface area contributed by atoms with Crippen molar-refractivity contribution < 1.29 is 17.9 Å². The van der Waals surface area contributed by atoms with Crippen LogP contribution in [-0.4, -0.2) is 39.0 Å². The van der Waals surface area contributed by atoms with Gasteiger partial charge in [0.15, 0.2) is 9.84 Å². The Morgan fingerprint density at radius 1 is 1.36 bits per heavy atom. The predicted molar refractivity (Wildman–Crippen MR) is 86.3 cm³/mol. The molecule has 1 saturated heterocycles. The molecule has 0 saturated carbocycles. The van der Waals surface area contributed by atoms with Gasteiger partial charge in [0, 0.05) is 6.42 Å². The summed E-state index contributed by atoms with van der Waals surface area (Å²) in [6.45, 7) is 0.579. The molecule has 0 radical (unpaired) electrons. The van der Waals surface area contributed by atoms with Crippen molar-refractivity contribution in [3.05, 3.63) is 28.2 Å². The zero-order valence-corrected chi connectivity index (χ0v) is 14.2. The normalized spacial score (nSPS) is 19.8. The average molecular weight is 366 g/mol. The number of hydrogen-bond acceptors (Lipinski definition) is 4. The molecule has 0 aromatic heterocycles. The standard InChI is InChI=1S/C14H17Cl2NO4S/c15-11-2-1-3-12(14(11)16)21-6-5-17-13(18)8-10-4-7-22(19,20)9-10/h1-3,10H,4-9H2,(H,17,18). The highest BCUT2D eigenvalue weighted by atomic mass is 35.5. The SMILES string of the molecule is O=C(CC1CCS(=O)(=O)C1)NCCOc1cccc(Cl)c1Cl. The minimum Gasteiger partial charge on any atom is -0.490 e. The minimum absolute atomic E-state index is 0.0757. The van der Waals surface area contributed by atoms with Gasteiger partial charge in [-0.15, -0.1) is 0 Å². The molecule has 122 valence electrons.